The summed E-state index contributed by atoms with van der Waals surface area (Å²) in [6, 6.07) is 6.35. The van der Waals surface area contributed by atoms with E-state index in [4.69, 9.17) is 21.4 Å². The SMILES string of the molecule is COc1ccc(Cl)cc1CN1CCCC1CCCO. The van der Waals surface area contributed by atoms with Crippen molar-refractivity contribution in [3.8, 4) is 5.75 Å². The fourth-order valence-electron chi connectivity index (χ4n) is 2.85. The van der Waals surface area contributed by atoms with Crippen molar-refractivity contribution >= 4 is 11.6 Å². The smallest absolute Gasteiger partial charge is 0.123 e. The molecular weight excluding hydrogens is 262 g/mol. The molecule has 1 aromatic rings. The van der Waals surface area contributed by atoms with Gasteiger partial charge in [-0.25, -0.2) is 0 Å². The highest BCUT2D eigenvalue weighted by Crippen LogP contribution is 2.28. The van der Waals surface area contributed by atoms with Crippen molar-refractivity contribution in [2.75, 3.05) is 20.3 Å². The maximum atomic E-state index is 8.97. The fourth-order valence-corrected chi connectivity index (χ4v) is 3.04. The quantitative estimate of drug-likeness (QED) is 0.871. The number of aliphatic hydroxyl groups is 1. The van der Waals surface area contributed by atoms with E-state index >= 15 is 0 Å². The van der Waals surface area contributed by atoms with Crippen molar-refractivity contribution in [1.82, 2.24) is 4.90 Å². The standard InChI is InChI=1S/C15H22ClNO2/c1-19-15-7-6-13(16)10-12(15)11-17-8-2-4-14(17)5-3-9-18/h6-7,10,14,18H,2-5,8-9,11H2,1H3. The molecule has 4 heteroatoms. The van der Waals surface area contributed by atoms with Crippen LogP contribution in [0.25, 0.3) is 0 Å². The zero-order valence-corrected chi connectivity index (χ0v) is 12.2. The minimum Gasteiger partial charge on any atom is -0.496 e. The molecule has 0 aliphatic carbocycles. The first kappa shape index (κ1) is 14.6. The van der Waals surface area contributed by atoms with E-state index in [0.717, 1.165) is 42.3 Å². The molecule has 106 valence electrons. The largest absolute Gasteiger partial charge is 0.496 e. The molecule has 19 heavy (non-hydrogen) atoms. The number of likely N-dealkylation sites (tertiary alicyclic amines) is 1. The lowest BCUT2D eigenvalue weighted by molar-refractivity contribution is 0.208. The Morgan fingerprint density at radius 1 is 1.47 bits per heavy atom. The van der Waals surface area contributed by atoms with Gasteiger partial charge in [0.15, 0.2) is 0 Å². The molecule has 3 nitrogen and oxygen atoms in total. The summed E-state index contributed by atoms with van der Waals surface area (Å²) in [4.78, 5) is 2.48. The lowest BCUT2D eigenvalue weighted by atomic mass is 10.1. The molecule has 0 saturated carbocycles. The van der Waals surface area contributed by atoms with Gasteiger partial charge < -0.3 is 9.84 Å². The number of nitrogens with zero attached hydrogens (tertiary/aromatic N) is 1. The predicted molar refractivity (Wildman–Crippen MR) is 77.8 cm³/mol. The maximum Gasteiger partial charge on any atom is 0.123 e. The Morgan fingerprint density at radius 2 is 2.32 bits per heavy atom. The Bertz CT molecular complexity index is 411. The van der Waals surface area contributed by atoms with E-state index in [1.54, 1.807) is 7.11 Å². The molecule has 1 saturated heterocycles. The zero-order valence-electron chi connectivity index (χ0n) is 11.4. The number of hydrogen-bond donors (Lipinski definition) is 1. The monoisotopic (exact) mass is 283 g/mol. The highest BCUT2D eigenvalue weighted by atomic mass is 35.5. The lowest BCUT2D eigenvalue weighted by Crippen LogP contribution is -2.29. The second-order valence-corrected chi connectivity index (χ2v) is 5.52. The number of rotatable bonds is 6. The molecule has 0 spiro atoms. The van der Waals surface area contributed by atoms with Gasteiger partial charge in [0.05, 0.1) is 7.11 Å². The Morgan fingerprint density at radius 3 is 3.05 bits per heavy atom. The number of hydrogen-bond acceptors (Lipinski definition) is 3. The molecule has 1 heterocycles. The summed E-state index contributed by atoms with van der Waals surface area (Å²) in [5.41, 5.74) is 1.14. The van der Waals surface area contributed by atoms with E-state index in [0.29, 0.717) is 6.04 Å². The molecule has 1 unspecified atom stereocenters. The Balaban J connectivity index is 2.05. The fraction of sp³-hybridized carbons (Fsp3) is 0.600. The summed E-state index contributed by atoms with van der Waals surface area (Å²) in [5, 5.41) is 9.72. The first-order valence-corrected chi connectivity index (χ1v) is 7.29. The summed E-state index contributed by atoms with van der Waals surface area (Å²) >= 11 is 6.07. The van der Waals surface area contributed by atoms with Gasteiger partial charge in [-0.3, -0.25) is 4.90 Å². The molecule has 1 aliphatic rings. The van der Waals surface area contributed by atoms with Crippen LogP contribution in [-0.4, -0.2) is 36.3 Å². The third-order valence-electron chi connectivity index (χ3n) is 3.81. The summed E-state index contributed by atoms with van der Waals surface area (Å²) < 4.78 is 5.40. The molecule has 1 aliphatic heterocycles. The number of benzene rings is 1. The van der Waals surface area contributed by atoms with Gasteiger partial charge in [0.25, 0.3) is 0 Å². The topological polar surface area (TPSA) is 32.7 Å². The molecule has 0 radical (unpaired) electrons. The van der Waals surface area contributed by atoms with Crippen molar-refractivity contribution in [3.63, 3.8) is 0 Å². The second kappa shape index (κ2) is 7.13. The minimum absolute atomic E-state index is 0.283. The van der Waals surface area contributed by atoms with Crippen molar-refractivity contribution in [3.05, 3.63) is 28.8 Å². The van der Waals surface area contributed by atoms with Gasteiger partial charge in [-0.15, -0.1) is 0 Å². The maximum absolute atomic E-state index is 8.97. The molecule has 1 atom stereocenters. The van der Waals surface area contributed by atoms with E-state index in [-0.39, 0.29) is 6.61 Å². The van der Waals surface area contributed by atoms with Crippen molar-refractivity contribution in [1.29, 1.82) is 0 Å². The van der Waals surface area contributed by atoms with Crippen LogP contribution in [0.4, 0.5) is 0 Å². The van der Waals surface area contributed by atoms with E-state index in [9.17, 15) is 0 Å². The van der Waals surface area contributed by atoms with Gasteiger partial charge in [0.2, 0.25) is 0 Å². The average Bonchev–Trinajstić information content (AvgIpc) is 2.84. The van der Waals surface area contributed by atoms with Crippen LogP contribution in [0.3, 0.4) is 0 Å². The van der Waals surface area contributed by atoms with Crippen LogP contribution in [-0.2, 0) is 6.54 Å². The van der Waals surface area contributed by atoms with Gasteiger partial charge in [0.1, 0.15) is 5.75 Å². The molecule has 1 N–H and O–H groups in total. The summed E-state index contributed by atoms with van der Waals surface area (Å²) in [7, 11) is 1.69. The van der Waals surface area contributed by atoms with Crippen molar-refractivity contribution < 1.29 is 9.84 Å². The molecule has 0 amide bonds. The average molecular weight is 284 g/mol. The molecular formula is C15H22ClNO2. The number of aliphatic hydroxyl groups excluding tert-OH is 1. The van der Waals surface area contributed by atoms with Crippen LogP contribution in [0.2, 0.25) is 5.02 Å². The normalized spacial score (nSPS) is 19.8. The third-order valence-corrected chi connectivity index (χ3v) is 4.05. The predicted octanol–water partition coefficient (Wildman–Crippen LogP) is 3.09. The van der Waals surface area contributed by atoms with Gasteiger partial charge in [-0.05, 0) is 50.4 Å². The van der Waals surface area contributed by atoms with Crippen LogP contribution in [0.5, 0.6) is 5.75 Å². The van der Waals surface area contributed by atoms with E-state index < -0.39 is 0 Å². The van der Waals surface area contributed by atoms with Crippen LogP contribution in [0, 0.1) is 0 Å². The molecule has 2 rings (SSSR count). The van der Waals surface area contributed by atoms with Crippen LogP contribution in [0.15, 0.2) is 18.2 Å². The summed E-state index contributed by atoms with van der Waals surface area (Å²) in [6.07, 6.45) is 4.41. The van der Waals surface area contributed by atoms with Crippen molar-refractivity contribution in [2.45, 2.75) is 38.3 Å². The zero-order chi connectivity index (χ0) is 13.7. The van der Waals surface area contributed by atoms with Gasteiger partial charge in [-0.1, -0.05) is 11.6 Å². The Hall–Kier alpha value is -0.770. The number of ether oxygens (including phenoxy) is 1. The first-order chi connectivity index (χ1) is 9.24. The minimum atomic E-state index is 0.283. The van der Waals surface area contributed by atoms with Gasteiger partial charge in [-0.2, -0.15) is 0 Å². The lowest BCUT2D eigenvalue weighted by Gasteiger charge is -2.25. The highest BCUT2D eigenvalue weighted by molar-refractivity contribution is 6.30. The molecule has 0 bridgehead atoms. The molecule has 1 aromatic carbocycles. The third kappa shape index (κ3) is 3.85. The van der Waals surface area contributed by atoms with Crippen LogP contribution < -0.4 is 4.74 Å². The van der Waals surface area contributed by atoms with Gasteiger partial charge >= 0.3 is 0 Å². The molecule has 0 aromatic heterocycles. The van der Waals surface area contributed by atoms with Crippen LogP contribution in [0.1, 0.15) is 31.2 Å². The highest BCUT2D eigenvalue weighted by Gasteiger charge is 2.24. The number of halogens is 1. The van der Waals surface area contributed by atoms with E-state index in [2.05, 4.69) is 4.90 Å². The van der Waals surface area contributed by atoms with E-state index in [1.807, 2.05) is 18.2 Å². The summed E-state index contributed by atoms with van der Waals surface area (Å²) in [5.74, 6) is 0.900. The first-order valence-electron chi connectivity index (χ1n) is 6.92. The van der Waals surface area contributed by atoms with Gasteiger partial charge in [0, 0.05) is 29.8 Å². The Kier molecular flexibility index (Phi) is 5.49. The summed E-state index contributed by atoms with van der Waals surface area (Å²) in [6.45, 7) is 2.27. The van der Waals surface area contributed by atoms with Crippen molar-refractivity contribution in [2.24, 2.45) is 0 Å². The molecule has 1 fully saturated rings. The number of methoxy groups -OCH3 is 1. The second-order valence-electron chi connectivity index (χ2n) is 5.09. The van der Waals surface area contributed by atoms with Crippen LogP contribution >= 0.6 is 11.6 Å². The van der Waals surface area contributed by atoms with E-state index in [1.165, 1.54) is 12.8 Å². The Labute approximate surface area is 120 Å².